The third-order valence-electron chi connectivity index (χ3n) is 6.94. The van der Waals surface area contributed by atoms with Crippen LogP contribution >= 0.6 is 0 Å². The summed E-state index contributed by atoms with van der Waals surface area (Å²) >= 11 is 0. The molecule has 0 aliphatic heterocycles. The van der Waals surface area contributed by atoms with Crippen molar-refractivity contribution in [3.63, 3.8) is 0 Å². The molecule has 0 radical (unpaired) electrons. The van der Waals surface area contributed by atoms with Gasteiger partial charge in [0.05, 0.1) is 5.41 Å². The van der Waals surface area contributed by atoms with Crippen molar-refractivity contribution in [3.8, 4) is 11.1 Å². The lowest BCUT2D eigenvalue weighted by molar-refractivity contribution is -0.148. The normalized spacial score (nSPS) is 17.3. The lowest BCUT2D eigenvalue weighted by atomic mass is 9.87. The number of nitrogens with one attached hydrogen (secondary N) is 2. The van der Waals surface area contributed by atoms with Crippen molar-refractivity contribution in [1.29, 1.82) is 0 Å². The van der Waals surface area contributed by atoms with E-state index >= 15 is 0 Å². The number of carboxylic acid groups (broad SMARTS) is 1. The fraction of sp³-hybridized carbons (Fsp3) is 0.423. The SMILES string of the molecule is CCC(C)(CNC(=O)C(NC(=O)OCC1c2ccccc2-c2ccccc21)C1CC1)C(=O)O. The number of carboxylic acids is 1. The van der Waals surface area contributed by atoms with E-state index in [9.17, 15) is 19.5 Å². The molecule has 2 atom stereocenters. The molecule has 2 amide bonds. The Morgan fingerprint density at radius 1 is 1.06 bits per heavy atom. The van der Waals surface area contributed by atoms with Gasteiger partial charge in [0.2, 0.25) is 5.91 Å². The predicted molar refractivity (Wildman–Crippen MR) is 124 cm³/mol. The second kappa shape index (κ2) is 9.25. The zero-order valence-electron chi connectivity index (χ0n) is 19.0. The van der Waals surface area contributed by atoms with Crippen molar-refractivity contribution < 1.29 is 24.2 Å². The summed E-state index contributed by atoms with van der Waals surface area (Å²) in [6.45, 7) is 3.55. The van der Waals surface area contributed by atoms with Gasteiger partial charge in [0, 0.05) is 12.5 Å². The summed E-state index contributed by atoms with van der Waals surface area (Å²) in [4.78, 5) is 36.9. The fourth-order valence-corrected chi connectivity index (χ4v) is 4.34. The van der Waals surface area contributed by atoms with E-state index in [4.69, 9.17) is 4.74 Å². The summed E-state index contributed by atoms with van der Waals surface area (Å²) in [7, 11) is 0. The molecule has 0 bridgehead atoms. The highest BCUT2D eigenvalue weighted by atomic mass is 16.5. The number of carbonyl (C=O) groups is 3. The molecule has 1 saturated carbocycles. The van der Waals surface area contributed by atoms with Crippen molar-refractivity contribution in [2.24, 2.45) is 11.3 Å². The first kappa shape index (κ1) is 22.8. The molecule has 4 rings (SSSR count). The number of aliphatic carboxylic acids is 1. The van der Waals surface area contributed by atoms with E-state index < -0.39 is 23.5 Å². The molecular formula is C26H30N2O5. The molecule has 2 aromatic rings. The van der Waals surface area contributed by atoms with Gasteiger partial charge in [-0.25, -0.2) is 4.79 Å². The third kappa shape index (κ3) is 4.72. The van der Waals surface area contributed by atoms with Crippen molar-refractivity contribution in [3.05, 3.63) is 59.7 Å². The quantitative estimate of drug-likeness (QED) is 0.537. The Labute approximate surface area is 193 Å². The maximum absolute atomic E-state index is 12.8. The Balaban J connectivity index is 1.38. The van der Waals surface area contributed by atoms with Gasteiger partial charge in [-0.15, -0.1) is 0 Å². The molecule has 0 saturated heterocycles. The Kier molecular flexibility index (Phi) is 6.40. The molecule has 1 fully saturated rings. The molecule has 2 aliphatic carbocycles. The van der Waals surface area contributed by atoms with Gasteiger partial charge >= 0.3 is 12.1 Å². The van der Waals surface area contributed by atoms with E-state index in [0.717, 1.165) is 35.1 Å². The number of hydrogen-bond acceptors (Lipinski definition) is 4. The predicted octanol–water partition coefficient (Wildman–Crippen LogP) is 3.92. The second-order valence-corrected chi connectivity index (χ2v) is 9.22. The van der Waals surface area contributed by atoms with Crippen LogP contribution in [0.2, 0.25) is 0 Å². The van der Waals surface area contributed by atoms with Gasteiger partial charge in [0.25, 0.3) is 0 Å². The molecule has 2 unspecified atom stereocenters. The highest BCUT2D eigenvalue weighted by Crippen LogP contribution is 2.44. The number of carbonyl (C=O) groups excluding carboxylic acids is 2. The Hall–Kier alpha value is -3.35. The van der Waals surface area contributed by atoms with Crippen molar-refractivity contribution in [1.82, 2.24) is 10.6 Å². The van der Waals surface area contributed by atoms with Crippen LogP contribution in [0.5, 0.6) is 0 Å². The van der Waals surface area contributed by atoms with Crippen molar-refractivity contribution in [2.75, 3.05) is 13.2 Å². The Bertz CT molecular complexity index is 1020. The number of benzene rings is 2. The van der Waals surface area contributed by atoms with E-state index in [1.54, 1.807) is 13.8 Å². The lowest BCUT2D eigenvalue weighted by Crippen LogP contribution is -2.51. The monoisotopic (exact) mass is 450 g/mol. The zero-order chi connectivity index (χ0) is 23.6. The topological polar surface area (TPSA) is 105 Å². The third-order valence-corrected chi connectivity index (χ3v) is 6.94. The maximum atomic E-state index is 12.8. The standard InChI is InChI=1S/C26H30N2O5/c1-3-26(2,24(30)31)15-27-23(29)22(16-12-13-16)28-25(32)33-14-21-19-10-6-4-8-17(19)18-9-5-7-11-20(18)21/h4-11,16,21-22H,3,12-15H2,1-2H3,(H,27,29)(H,28,32)(H,30,31). The van der Waals surface area contributed by atoms with Gasteiger partial charge in [0.1, 0.15) is 12.6 Å². The van der Waals surface area contributed by atoms with Gasteiger partial charge in [-0.3, -0.25) is 9.59 Å². The summed E-state index contributed by atoms with van der Waals surface area (Å²) in [6.07, 6.45) is 1.42. The average Bonchev–Trinajstić information content (AvgIpc) is 3.61. The van der Waals surface area contributed by atoms with Gasteiger partial charge in [-0.05, 0) is 54.4 Å². The van der Waals surface area contributed by atoms with E-state index in [1.165, 1.54) is 0 Å². The largest absolute Gasteiger partial charge is 0.481 e. The van der Waals surface area contributed by atoms with Crippen LogP contribution < -0.4 is 10.6 Å². The van der Waals surface area contributed by atoms with E-state index in [-0.39, 0.29) is 30.9 Å². The minimum atomic E-state index is -1.05. The number of ether oxygens (including phenoxy) is 1. The summed E-state index contributed by atoms with van der Waals surface area (Å²) in [5, 5.41) is 14.9. The number of hydrogen-bond donors (Lipinski definition) is 3. The van der Waals surface area contributed by atoms with Crippen LogP contribution in [0.4, 0.5) is 4.79 Å². The van der Waals surface area contributed by atoms with Crippen LogP contribution in [0.25, 0.3) is 11.1 Å². The molecule has 33 heavy (non-hydrogen) atoms. The zero-order valence-corrected chi connectivity index (χ0v) is 19.0. The highest BCUT2D eigenvalue weighted by molar-refractivity contribution is 5.87. The van der Waals surface area contributed by atoms with E-state index in [1.807, 2.05) is 24.3 Å². The molecule has 2 aliphatic rings. The molecule has 3 N–H and O–H groups in total. The summed E-state index contributed by atoms with van der Waals surface area (Å²) in [5.41, 5.74) is 3.49. The second-order valence-electron chi connectivity index (χ2n) is 9.22. The molecule has 7 nitrogen and oxygen atoms in total. The average molecular weight is 451 g/mol. The first-order valence-corrected chi connectivity index (χ1v) is 11.5. The van der Waals surface area contributed by atoms with Crippen LogP contribution in [0, 0.1) is 11.3 Å². The van der Waals surface area contributed by atoms with Gasteiger partial charge in [-0.1, -0.05) is 55.5 Å². The maximum Gasteiger partial charge on any atom is 0.407 e. The number of rotatable bonds is 9. The van der Waals surface area contributed by atoms with Crippen LogP contribution in [-0.2, 0) is 14.3 Å². The molecule has 0 aromatic heterocycles. The summed E-state index contributed by atoms with van der Waals surface area (Å²) < 4.78 is 5.58. The smallest absolute Gasteiger partial charge is 0.407 e. The first-order valence-electron chi connectivity index (χ1n) is 11.5. The Morgan fingerprint density at radius 3 is 2.15 bits per heavy atom. The molecular weight excluding hydrogens is 420 g/mol. The number of fused-ring (bicyclic) bond motifs is 3. The van der Waals surface area contributed by atoms with E-state index in [0.29, 0.717) is 6.42 Å². The van der Waals surface area contributed by atoms with Gasteiger partial charge in [-0.2, -0.15) is 0 Å². The minimum Gasteiger partial charge on any atom is -0.481 e. The number of alkyl carbamates (subject to hydrolysis) is 1. The van der Waals surface area contributed by atoms with Gasteiger partial charge in [0.15, 0.2) is 0 Å². The summed E-state index contributed by atoms with van der Waals surface area (Å²) in [6, 6.07) is 15.5. The molecule has 174 valence electrons. The number of amides is 2. The van der Waals surface area contributed by atoms with Crippen LogP contribution in [0.15, 0.2) is 48.5 Å². The fourth-order valence-electron chi connectivity index (χ4n) is 4.34. The molecule has 0 spiro atoms. The summed E-state index contributed by atoms with van der Waals surface area (Å²) in [5.74, 6) is -1.34. The molecule has 0 heterocycles. The van der Waals surface area contributed by atoms with Crippen LogP contribution in [0.3, 0.4) is 0 Å². The van der Waals surface area contributed by atoms with Crippen LogP contribution in [-0.4, -0.2) is 42.3 Å². The minimum absolute atomic E-state index is 0.00720. The lowest BCUT2D eigenvalue weighted by Gasteiger charge is -2.25. The first-order chi connectivity index (χ1) is 15.8. The van der Waals surface area contributed by atoms with E-state index in [2.05, 4.69) is 34.9 Å². The van der Waals surface area contributed by atoms with Crippen LogP contribution in [0.1, 0.15) is 50.2 Å². The van der Waals surface area contributed by atoms with Gasteiger partial charge < -0.3 is 20.5 Å². The molecule has 2 aromatic carbocycles. The van der Waals surface area contributed by atoms with Crippen molar-refractivity contribution in [2.45, 2.75) is 45.1 Å². The van der Waals surface area contributed by atoms with Crippen molar-refractivity contribution >= 4 is 18.0 Å². The Morgan fingerprint density at radius 2 is 1.64 bits per heavy atom. The molecule has 7 heteroatoms. The highest BCUT2D eigenvalue weighted by Gasteiger charge is 2.39.